The Morgan fingerprint density at radius 2 is 2.09 bits per heavy atom. The van der Waals surface area contributed by atoms with E-state index in [2.05, 4.69) is 10.4 Å². The summed E-state index contributed by atoms with van der Waals surface area (Å²) in [6.45, 7) is 0. The fourth-order valence-corrected chi connectivity index (χ4v) is 2.78. The summed E-state index contributed by atoms with van der Waals surface area (Å²) >= 11 is 0. The highest BCUT2D eigenvalue weighted by Crippen LogP contribution is 2.36. The van der Waals surface area contributed by atoms with E-state index in [1.807, 2.05) is 0 Å². The lowest BCUT2D eigenvalue weighted by Crippen LogP contribution is -2.51. The molecule has 1 N–H and O–H groups in total. The van der Waals surface area contributed by atoms with Gasteiger partial charge in [-0.1, -0.05) is 0 Å². The van der Waals surface area contributed by atoms with Gasteiger partial charge >= 0.3 is 10.1 Å². The summed E-state index contributed by atoms with van der Waals surface area (Å²) in [5.74, 6) is 0.239. The van der Waals surface area contributed by atoms with Gasteiger partial charge in [-0.2, -0.15) is 13.5 Å². The molecule has 10 heteroatoms. The third-order valence-corrected chi connectivity index (χ3v) is 3.70. The molecule has 1 aromatic carbocycles. The zero-order valence-corrected chi connectivity index (χ0v) is 13.1. The van der Waals surface area contributed by atoms with Crippen molar-refractivity contribution in [2.75, 3.05) is 18.3 Å². The third kappa shape index (κ3) is 2.93. The molecule has 0 saturated heterocycles. The number of nitrogens with one attached hydrogen (secondary N) is 1. The molecule has 0 spiro atoms. The van der Waals surface area contributed by atoms with E-state index in [0.717, 1.165) is 6.26 Å². The van der Waals surface area contributed by atoms with Gasteiger partial charge in [-0.05, 0) is 12.1 Å². The molecule has 0 bridgehead atoms. The Labute approximate surface area is 132 Å². The Hall–Kier alpha value is -2.75. The zero-order chi connectivity index (χ0) is 16.6. The second-order valence-corrected chi connectivity index (χ2v) is 6.41. The first-order valence-corrected chi connectivity index (χ1v) is 8.36. The number of hydrazone groups is 1. The van der Waals surface area contributed by atoms with Gasteiger partial charge in [-0.25, -0.2) is 5.01 Å². The molecule has 3 rings (SSSR count). The van der Waals surface area contributed by atoms with Crippen LogP contribution in [0.5, 0.6) is 11.5 Å². The molecule has 2 heterocycles. The Bertz CT molecular complexity index is 805. The number of hydrogen-bond acceptors (Lipinski definition) is 8. The summed E-state index contributed by atoms with van der Waals surface area (Å²) in [4.78, 5) is 13.7. The summed E-state index contributed by atoms with van der Waals surface area (Å²) in [7, 11) is -2.19. The van der Waals surface area contributed by atoms with Crippen LogP contribution in [-0.2, 0) is 14.9 Å². The van der Waals surface area contributed by atoms with E-state index >= 15 is 0 Å². The second-order valence-electron chi connectivity index (χ2n) is 4.83. The van der Waals surface area contributed by atoms with Crippen molar-refractivity contribution < 1.29 is 22.1 Å². The average molecular weight is 338 g/mol. The van der Waals surface area contributed by atoms with Gasteiger partial charge in [0.2, 0.25) is 6.17 Å². The summed E-state index contributed by atoms with van der Waals surface area (Å²) in [5, 5.41) is 8.08. The van der Waals surface area contributed by atoms with Gasteiger partial charge < -0.3 is 19.1 Å². The average Bonchev–Trinajstić information content (AvgIpc) is 2.90. The quantitative estimate of drug-likeness (QED) is 0.773. The monoisotopic (exact) mass is 338 g/mol. The maximum atomic E-state index is 12.0. The largest absolute Gasteiger partial charge is 0.494 e. The van der Waals surface area contributed by atoms with Crippen molar-refractivity contribution in [3.8, 4) is 11.5 Å². The molecule has 0 radical (unpaired) electrons. The molecular formula is C13H14N4O5S. The first-order chi connectivity index (χ1) is 10.9. The number of ether oxygens (including phenoxy) is 1. The van der Waals surface area contributed by atoms with E-state index in [1.54, 1.807) is 23.4 Å². The minimum Gasteiger partial charge on any atom is -0.494 e. The van der Waals surface area contributed by atoms with Gasteiger partial charge in [0.1, 0.15) is 17.8 Å². The van der Waals surface area contributed by atoms with E-state index in [-0.39, 0.29) is 11.7 Å². The van der Waals surface area contributed by atoms with E-state index < -0.39 is 16.3 Å². The van der Waals surface area contributed by atoms with Gasteiger partial charge in [-0.15, -0.1) is 0 Å². The molecule has 9 nitrogen and oxygen atoms in total. The third-order valence-electron chi connectivity index (χ3n) is 3.20. The lowest BCUT2D eigenvalue weighted by Gasteiger charge is -2.31. The first kappa shape index (κ1) is 15.2. The van der Waals surface area contributed by atoms with Gasteiger partial charge in [0.25, 0.3) is 5.91 Å². The van der Waals surface area contributed by atoms with Crippen LogP contribution in [0.25, 0.3) is 0 Å². The molecule has 0 fully saturated rings. The molecule has 1 amide bonds. The molecule has 0 saturated carbocycles. The van der Waals surface area contributed by atoms with Crippen LogP contribution < -0.4 is 19.1 Å². The van der Waals surface area contributed by atoms with Gasteiger partial charge in [-0.3, -0.25) is 4.79 Å². The molecule has 23 heavy (non-hydrogen) atoms. The SMILES string of the molecule is COc1cc(OS(C)(=O)=O)ccc1N1C=CN2N=CNC(=O)C21. The molecule has 1 unspecified atom stereocenters. The van der Waals surface area contributed by atoms with Gasteiger partial charge in [0.15, 0.2) is 0 Å². The topological polar surface area (TPSA) is 101 Å². The van der Waals surface area contributed by atoms with E-state index in [1.165, 1.54) is 30.6 Å². The minimum absolute atomic E-state index is 0.124. The molecule has 0 aromatic heterocycles. The van der Waals surface area contributed by atoms with Crippen LogP contribution in [0.2, 0.25) is 0 Å². The number of hydrogen-bond donors (Lipinski definition) is 1. The predicted octanol–water partition coefficient (Wildman–Crippen LogP) is 0.0260. The van der Waals surface area contributed by atoms with Crippen LogP contribution in [0.15, 0.2) is 35.7 Å². The maximum absolute atomic E-state index is 12.0. The standard InChI is InChI=1S/C13H14N4O5S/c1-21-11-7-9(22-23(2,19)20)3-4-10(11)16-5-6-17-13(16)12(18)14-8-15-17/h3-8,13H,1-2H3,(H,14,15,18). The van der Waals surface area contributed by atoms with Crippen LogP contribution >= 0.6 is 0 Å². The Balaban J connectivity index is 1.95. The van der Waals surface area contributed by atoms with Crippen molar-refractivity contribution in [3.05, 3.63) is 30.6 Å². The molecule has 2 aliphatic rings. The van der Waals surface area contributed by atoms with Crippen molar-refractivity contribution in [1.82, 2.24) is 10.3 Å². The van der Waals surface area contributed by atoms with Crippen LogP contribution in [0, 0.1) is 0 Å². The number of carbonyl (C=O) groups is 1. The summed E-state index contributed by atoms with van der Waals surface area (Å²) in [6.07, 6.45) is 4.93. The van der Waals surface area contributed by atoms with Crippen molar-refractivity contribution in [2.24, 2.45) is 5.10 Å². The van der Waals surface area contributed by atoms with E-state index in [0.29, 0.717) is 11.4 Å². The van der Waals surface area contributed by atoms with Crippen LogP contribution in [-0.4, -0.2) is 45.2 Å². The van der Waals surface area contributed by atoms with Crippen molar-refractivity contribution in [1.29, 1.82) is 0 Å². The minimum atomic E-state index is -3.64. The predicted molar refractivity (Wildman–Crippen MR) is 82.3 cm³/mol. The van der Waals surface area contributed by atoms with Crippen molar-refractivity contribution in [2.45, 2.75) is 6.17 Å². The number of methoxy groups -OCH3 is 1. The van der Waals surface area contributed by atoms with Gasteiger partial charge in [0, 0.05) is 18.5 Å². The number of anilines is 1. The summed E-state index contributed by atoms with van der Waals surface area (Å²) in [5.41, 5.74) is 0.573. The van der Waals surface area contributed by atoms with Gasteiger partial charge in [0.05, 0.1) is 19.1 Å². The number of nitrogens with zero attached hydrogens (tertiary/aromatic N) is 3. The second kappa shape index (κ2) is 5.47. The lowest BCUT2D eigenvalue weighted by atomic mass is 10.2. The fourth-order valence-electron chi connectivity index (χ4n) is 2.32. The fraction of sp³-hybridized carbons (Fsp3) is 0.231. The van der Waals surface area contributed by atoms with Crippen LogP contribution in [0.1, 0.15) is 0 Å². The van der Waals surface area contributed by atoms with Crippen LogP contribution in [0.4, 0.5) is 5.69 Å². The number of fused-ring (bicyclic) bond motifs is 1. The molecule has 2 aliphatic heterocycles. The molecular weight excluding hydrogens is 324 g/mol. The Morgan fingerprint density at radius 1 is 1.30 bits per heavy atom. The molecule has 122 valence electrons. The Kier molecular flexibility index (Phi) is 3.60. The number of rotatable bonds is 4. The summed E-state index contributed by atoms with van der Waals surface area (Å²) in [6, 6.07) is 4.54. The number of amides is 1. The highest BCUT2D eigenvalue weighted by Gasteiger charge is 2.37. The number of carbonyl (C=O) groups excluding carboxylic acids is 1. The first-order valence-electron chi connectivity index (χ1n) is 6.54. The van der Waals surface area contributed by atoms with E-state index in [9.17, 15) is 13.2 Å². The summed E-state index contributed by atoms with van der Waals surface area (Å²) < 4.78 is 32.5. The maximum Gasteiger partial charge on any atom is 0.306 e. The van der Waals surface area contributed by atoms with Crippen molar-refractivity contribution in [3.63, 3.8) is 0 Å². The molecule has 1 atom stereocenters. The Morgan fingerprint density at radius 3 is 2.78 bits per heavy atom. The normalized spacial score (nSPS) is 19.6. The number of benzene rings is 1. The zero-order valence-electron chi connectivity index (χ0n) is 12.3. The smallest absolute Gasteiger partial charge is 0.306 e. The van der Waals surface area contributed by atoms with Crippen molar-refractivity contribution >= 4 is 28.1 Å². The van der Waals surface area contributed by atoms with Crippen LogP contribution in [0.3, 0.4) is 0 Å². The van der Waals surface area contributed by atoms with E-state index in [4.69, 9.17) is 8.92 Å². The highest BCUT2D eigenvalue weighted by atomic mass is 32.2. The molecule has 1 aromatic rings. The highest BCUT2D eigenvalue weighted by molar-refractivity contribution is 7.86. The molecule has 0 aliphatic carbocycles. The lowest BCUT2D eigenvalue weighted by molar-refractivity contribution is -0.124.